The number of nitrogens with zero attached hydrogens (tertiary/aromatic N) is 2. The first-order valence-corrected chi connectivity index (χ1v) is 25.3. The molecule has 70 heavy (non-hydrogen) atoms. The third-order valence-electron chi connectivity index (χ3n) is 15.9. The van der Waals surface area contributed by atoms with Crippen LogP contribution in [0.25, 0.3) is 87.5 Å². The van der Waals surface area contributed by atoms with Gasteiger partial charge in [-0.1, -0.05) is 184 Å². The van der Waals surface area contributed by atoms with Gasteiger partial charge in [-0.15, -0.1) is 0 Å². The minimum absolute atomic E-state index is 0.00555. The Morgan fingerprint density at radius 1 is 0.414 bits per heavy atom. The zero-order chi connectivity index (χ0) is 48.2. The molecule has 0 saturated heterocycles. The average Bonchev–Trinajstić information content (AvgIpc) is 3.68. The fourth-order valence-corrected chi connectivity index (χ4v) is 12.5. The average molecular weight is 903 g/mol. The van der Waals surface area contributed by atoms with Gasteiger partial charge in [0.2, 0.25) is 0 Å². The van der Waals surface area contributed by atoms with Crippen LogP contribution in [0, 0.1) is 6.92 Å². The van der Waals surface area contributed by atoms with E-state index in [2.05, 4.69) is 255 Å². The zero-order valence-electron chi connectivity index (χ0n) is 42.2. The summed E-state index contributed by atoms with van der Waals surface area (Å²) in [4.78, 5) is 2.66. The van der Waals surface area contributed by atoms with Gasteiger partial charge in [-0.2, -0.15) is 0 Å². The van der Waals surface area contributed by atoms with Gasteiger partial charge in [0.05, 0.1) is 0 Å². The molecule has 340 valence electrons. The summed E-state index contributed by atoms with van der Waals surface area (Å²) >= 11 is 0. The lowest BCUT2D eigenvalue weighted by Gasteiger charge is -2.42. The first kappa shape index (κ1) is 42.7. The second-order valence-electron chi connectivity index (χ2n) is 23.4. The number of hydrogen-bond donors (Lipinski definition) is 0. The van der Waals surface area contributed by atoms with E-state index in [9.17, 15) is 0 Å². The largest absolute Gasteiger partial charge is 0.375 e. The summed E-state index contributed by atoms with van der Waals surface area (Å²) < 4.78 is 2.76. The molecule has 0 aliphatic carbocycles. The van der Waals surface area contributed by atoms with Crippen LogP contribution < -0.4 is 15.8 Å². The molecule has 0 fully saturated rings. The topological polar surface area (TPSA) is 8.17 Å². The van der Waals surface area contributed by atoms with Crippen LogP contribution in [-0.2, 0) is 16.2 Å². The van der Waals surface area contributed by atoms with Crippen molar-refractivity contribution in [2.75, 3.05) is 4.90 Å². The summed E-state index contributed by atoms with van der Waals surface area (Å²) in [5.41, 5.74) is 21.6. The van der Waals surface area contributed by atoms with Crippen LogP contribution in [0.5, 0.6) is 0 Å². The highest BCUT2D eigenvalue weighted by Crippen LogP contribution is 2.51. The number of rotatable bonds is 3. The second-order valence-corrected chi connectivity index (χ2v) is 23.4. The molecule has 10 aromatic carbocycles. The van der Waals surface area contributed by atoms with E-state index in [1.54, 1.807) is 0 Å². The summed E-state index contributed by atoms with van der Waals surface area (Å²) in [6.07, 6.45) is 0. The Balaban J connectivity index is 1.25. The molecule has 0 unspecified atom stereocenters. The lowest BCUT2D eigenvalue weighted by atomic mass is 9.44. The summed E-state index contributed by atoms with van der Waals surface area (Å²) in [5, 5.41) is 10.5. The third-order valence-corrected chi connectivity index (χ3v) is 15.9. The van der Waals surface area contributed by atoms with Gasteiger partial charge in [-0.3, -0.25) is 0 Å². The normalized spacial score (nSPS) is 13.5. The van der Waals surface area contributed by atoms with Crippen molar-refractivity contribution >= 4 is 89.0 Å². The molecule has 3 heterocycles. The molecule has 0 amide bonds. The molecule has 1 aromatic heterocycles. The first-order chi connectivity index (χ1) is 33.5. The summed E-state index contributed by atoms with van der Waals surface area (Å²) in [6, 6.07) is 67.6. The molecule has 0 bridgehead atoms. The monoisotopic (exact) mass is 902 g/mol. The lowest BCUT2D eigenvalue weighted by Crippen LogP contribution is -2.56. The Bertz CT molecular complexity index is 3950. The maximum atomic E-state index is 2.76. The van der Waals surface area contributed by atoms with Gasteiger partial charge in [0, 0.05) is 44.4 Å². The lowest BCUT2D eigenvalue weighted by molar-refractivity contribution is 0.590. The van der Waals surface area contributed by atoms with E-state index in [-0.39, 0.29) is 23.1 Å². The standard InChI is InChI=1S/C67H59BN2/c1-40-49-26-19-20-28-51(49)62(67(8,9)10)54-39-59-57(38-52(40)54)68-63-60(69(59)48-32-44(41-21-13-11-14-22-41)31-45(33-48)42-23-15-12-16-24-42)34-43-25-17-18-27-50(43)61(63)56-37-47(66(5,6)7)36-55-53-35-46(65(2,3)4)29-30-58(53)70(68)64(55)56/h11-39H,1-10H3. The van der Waals surface area contributed by atoms with Gasteiger partial charge in [0.15, 0.2) is 0 Å². The highest BCUT2D eigenvalue weighted by Gasteiger charge is 2.45. The molecule has 3 heteroatoms. The maximum absolute atomic E-state index is 2.76. The van der Waals surface area contributed by atoms with Crippen molar-refractivity contribution in [2.24, 2.45) is 0 Å². The van der Waals surface area contributed by atoms with Crippen molar-refractivity contribution in [3.05, 3.63) is 198 Å². The fraction of sp³-hybridized carbons (Fsp3) is 0.194. The molecule has 13 rings (SSSR count). The van der Waals surface area contributed by atoms with Crippen molar-refractivity contribution in [1.29, 1.82) is 0 Å². The van der Waals surface area contributed by atoms with E-state index in [1.807, 2.05) is 0 Å². The smallest absolute Gasteiger partial charge is 0.333 e. The fourth-order valence-electron chi connectivity index (χ4n) is 12.5. The number of anilines is 3. The SMILES string of the molecule is Cc1c2ccccc2c(C(C)(C)C)c2cc3c(cc12)B1c2c(cc4ccccc4c2-c2cc(C(C)(C)C)cc4c5cc(C(C)(C)C)ccc5n1c24)N3c1cc(-c2ccccc2)cc(-c2ccccc2)c1. The van der Waals surface area contributed by atoms with Crippen LogP contribution in [-0.4, -0.2) is 11.3 Å². The Morgan fingerprint density at radius 3 is 1.66 bits per heavy atom. The van der Waals surface area contributed by atoms with Gasteiger partial charge in [-0.25, -0.2) is 0 Å². The highest BCUT2D eigenvalue weighted by atomic mass is 15.2. The Hall–Kier alpha value is -7.36. The Morgan fingerprint density at radius 2 is 1.01 bits per heavy atom. The van der Waals surface area contributed by atoms with Crippen LogP contribution in [0.2, 0.25) is 0 Å². The van der Waals surface area contributed by atoms with Crippen molar-refractivity contribution in [3.63, 3.8) is 0 Å². The molecule has 0 N–H and O–H groups in total. The van der Waals surface area contributed by atoms with Gasteiger partial charge in [0.25, 0.3) is 0 Å². The molecule has 2 aliphatic rings. The minimum Gasteiger partial charge on any atom is -0.375 e. The van der Waals surface area contributed by atoms with Gasteiger partial charge in [-0.05, 0) is 171 Å². The summed E-state index contributed by atoms with van der Waals surface area (Å²) in [7, 11) is 0. The van der Waals surface area contributed by atoms with Crippen LogP contribution in [0.3, 0.4) is 0 Å². The number of aromatic nitrogens is 1. The molecule has 0 atom stereocenters. The van der Waals surface area contributed by atoms with Crippen molar-refractivity contribution in [3.8, 4) is 33.4 Å². The van der Waals surface area contributed by atoms with Gasteiger partial charge >= 0.3 is 6.85 Å². The number of fused-ring (bicyclic) bond motifs is 11. The van der Waals surface area contributed by atoms with Crippen molar-refractivity contribution in [1.82, 2.24) is 4.48 Å². The predicted molar refractivity (Wildman–Crippen MR) is 304 cm³/mol. The molecular weight excluding hydrogens is 844 g/mol. The molecule has 0 spiro atoms. The van der Waals surface area contributed by atoms with Gasteiger partial charge < -0.3 is 9.38 Å². The van der Waals surface area contributed by atoms with E-state index in [1.165, 1.54) is 132 Å². The number of benzene rings is 10. The van der Waals surface area contributed by atoms with Crippen LogP contribution >= 0.6 is 0 Å². The van der Waals surface area contributed by atoms with E-state index >= 15 is 0 Å². The quantitative estimate of drug-likeness (QED) is 0.127. The molecule has 2 aliphatic heterocycles. The number of aryl methyl sites for hydroxylation is 1. The van der Waals surface area contributed by atoms with Crippen LogP contribution in [0.1, 0.15) is 84.6 Å². The Kier molecular flexibility index (Phi) is 9.05. The predicted octanol–water partition coefficient (Wildman–Crippen LogP) is 17.2. The first-order valence-electron chi connectivity index (χ1n) is 25.3. The van der Waals surface area contributed by atoms with Crippen LogP contribution in [0.15, 0.2) is 176 Å². The Labute approximate surface area is 413 Å². The minimum atomic E-state index is -0.129. The summed E-state index contributed by atoms with van der Waals surface area (Å²) in [5.74, 6) is 0. The van der Waals surface area contributed by atoms with Crippen molar-refractivity contribution < 1.29 is 0 Å². The summed E-state index contributed by atoms with van der Waals surface area (Å²) in [6.45, 7) is 23.6. The third kappa shape index (κ3) is 6.26. The molecule has 0 saturated carbocycles. The van der Waals surface area contributed by atoms with Crippen LogP contribution in [0.4, 0.5) is 17.1 Å². The van der Waals surface area contributed by atoms with E-state index in [0.717, 1.165) is 5.69 Å². The molecule has 11 aromatic rings. The van der Waals surface area contributed by atoms with Crippen molar-refractivity contribution in [2.45, 2.75) is 85.5 Å². The number of hydrogen-bond acceptors (Lipinski definition) is 1. The molecule has 2 nitrogen and oxygen atoms in total. The molecule has 0 radical (unpaired) electrons. The van der Waals surface area contributed by atoms with E-state index in [4.69, 9.17) is 0 Å². The van der Waals surface area contributed by atoms with E-state index in [0.29, 0.717) is 0 Å². The zero-order valence-corrected chi connectivity index (χ0v) is 42.2. The second kappa shape index (κ2) is 14.8. The molecular formula is C67H59BN2. The maximum Gasteiger partial charge on any atom is 0.333 e. The highest BCUT2D eigenvalue weighted by molar-refractivity contribution is 6.90. The van der Waals surface area contributed by atoms with Gasteiger partial charge in [0.1, 0.15) is 0 Å². The van der Waals surface area contributed by atoms with E-state index < -0.39 is 0 Å².